The summed E-state index contributed by atoms with van der Waals surface area (Å²) in [5, 5.41) is 2.98. The molecule has 0 unspecified atom stereocenters. The fourth-order valence-electron chi connectivity index (χ4n) is 3.09. The van der Waals surface area contributed by atoms with Crippen molar-refractivity contribution >= 4 is 15.9 Å². The number of sulfonamides is 1. The maximum Gasteiger partial charge on any atom is 0.244 e. The average Bonchev–Trinajstić information content (AvgIpc) is 2.83. The molecule has 1 aromatic rings. The Morgan fingerprint density at radius 3 is 2.44 bits per heavy atom. The predicted octanol–water partition coefficient (Wildman–Crippen LogP) is 2.51. The van der Waals surface area contributed by atoms with Gasteiger partial charge in [-0.3, -0.25) is 4.79 Å². The van der Waals surface area contributed by atoms with Crippen LogP contribution in [0.15, 0.2) is 23.1 Å². The number of methoxy groups -OCH3 is 1. The second kappa shape index (κ2) is 8.67. The van der Waals surface area contributed by atoms with E-state index in [1.54, 1.807) is 26.0 Å². The summed E-state index contributed by atoms with van der Waals surface area (Å²) in [4.78, 5) is 12.4. The summed E-state index contributed by atoms with van der Waals surface area (Å²) >= 11 is 0. The van der Waals surface area contributed by atoms with Gasteiger partial charge in [0.1, 0.15) is 10.6 Å². The molecule has 1 aliphatic carbocycles. The van der Waals surface area contributed by atoms with E-state index in [0.717, 1.165) is 31.2 Å². The summed E-state index contributed by atoms with van der Waals surface area (Å²) in [6.45, 7) is 3.37. The molecule has 1 amide bonds. The van der Waals surface area contributed by atoms with Crippen molar-refractivity contribution in [3.63, 3.8) is 0 Å². The maximum absolute atomic E-state index is 12.7. The van der Waals surface area contributed by atoms with E-state index in [0.29, 0.717) is 0 Å². The minimum atomic E-state index is -3.85. The number of rotatable bonds is 6. The fraction of sp³-hybridized carbons (Fsp3) is 0.611. The number of aryl methyl sites for hydroxylation is 1. The first-order valence-corrected chi connectivity index (χ1v) is 10.3. The third-order valence-electron chi connectivity index (χ3n) is 4.54. The van der Waals surface area contributed by atoms with E-state index in [1.165, 1.54) is 26.0 Å². The van der Waals surface area contributed by atoms with Gasteiger partial charge in [0.2, 0.25) is 15.9 Å². The van der Waals surface area contributed by atoms with Gasteiger partial charge >= 0.3 is 0 Å². The van der Waals surface area contributed by atoms with E-state index < -0.39 is 16.1 Å². The van der Waals surface area contributed by atoms with Gasteiger partial charge in [0.05, 0.1) is 13.2 Å². The van der Waals surface area contributed by atoms with Gasteiger partial charge in [0, 0.05) is 6.04 Å². The third kappa shape index (κ3) is 5.44. The molecule has 2 rings (SSSR count). The Balaban J connectivity index is 2.06. The molecule has 1 fully saturated rings. The number of hydrogen-bond donors (Lipinski definition) is 2. The summed E-state index contributed by atoms with van der Waals surface area (Å²) in [7, 11) is -2.43. The highest BCUT2D eigenvalue weighted by atomic mass is 32.2. The quantitative estimate of drug-likeness (QED) is 0.756. The molecule has 0 radical (unpaired) electrons. The Hall–Kier alpha value is -1.60. The van der Waals surface area contributed by atoms with E-state index in [1.807, 2.05) is 0 Å². The standard InChI is InChI=1S/C18H28N2O4S/c1-13-10-11-16(24-3)17(12-13)25(22,23)20-14(2)18(21)19-15-8-6-4-5-7-9-15/h10-12,14-15,20H,4-9H2,1-3H3,(H,19,21)/t14-/m1/s1. The van der Waals surface area contributed by atoms with Crippen LogP contribution < -0.4 is 14.8 Å². The molecule has 0 aliphatic heterocycles. The van der Waals surface area contributed by atoms with Gasteiger partial charge < -0.3 is 10.1 Å². The molecule has 0 spiro atoms. The van der Waals surface area contributed by atoms with Gasteiger partial charge in [-0.25, -0.2) is 8.42 Å². The lowest BCUT2D eigenvalue weighted by Gasteiger charge is -2.20. The molecule has 25 heavy (non-hydrogen) atoms. The monoisotopic (exact) mass is 368 g/mol. The lowest BCUT2D eigenvalue weighted by atomic mass is 10.1. The number of carbonyl (C=O) groups is 1. The lowest BCUT2D eigenvalue weighted by Crippen LogP contribution is -2.48. The highest BCUT2D eigenvalue weighted by Crippen LogP contribution is 2.24. The van der Waals surface area contributed by atoms with Crippen LogP contribution in [0.5, 0.6) is 5.75 Å². The summed E-state index contributed by atoms with van der Waals surface area (Å²) in [5.74, 6) is -0.0310. The van der Waals surface area contributed by atoms with Crippen molar-refractivity contribution in [2.45, 2.75) is 69.4 Å². The van der Waals surface area contributed by atoms with Crippen molar-refractivity contribution in [2.24, 2.45) is 0 Å². The first-order valence-electron chi connectivity index (χ1n) is 8.81. The van der Waals surface area contributed by atoms with Crippen molar-refractivity contribution in [1.82, 2.24) is 10.0 Å². The van der Waals surface area contributed by atoms with Crippen LogP contribution in [0.4, 0.5) is 0 Å². The molecule has 0 bridgehead atoms. The first kappa shape index (κ1) is 19.7. The Morgan fingerprint density at radius 2 is 1.84 bits per heavy atom. The third-order valence-corrected chi connectivity index (χ3v) is 6.10. The van der Waals surface area contributed by atoms with E-state index in [-0.39, 0.29) is 22.6 Å². The van der Waals surface area contributed by atoms with Crippen molar-refractivity contribution < 1.29 is 17.9 Å². The van der Waals surface area contributed by atoms with E-state index in [9.17, 15) is 13.2 Å². The zero-order valence-electron chi connectivity index (χ0n) is 15.2. The Kier molecular flexibility index (Phi) is 6.84. The minimum Gasteiger partial charge on any atom is -0.495 e. The smallest absolute Gasteiger partial charge is 0.244 e. The molecule has 7 heteroatoms. The van der Waals surface area contributed by atoms with Crippen LogP contribution in [0.25, 0.3) is 0 Å². The van der Waals surface area contributed by atoms with Crippen LogP contribution in [-0.2, 0) is 14.8 Å². The maximum atomic E-state index is 12.7. The molecule has 140 valence electrons. The van der Waals surface area contributed by atoms with Crippen molar-refractivity contribution in [3.05, 3.63) is 23.8 Å². The number of amides is 1. The molecule has 1 atom stereocenters. The molecule has 2 N–H and O–H groups in total. The molecular weight excluding hydrogens is 340 g/mol. The van der Waals surface area contributed by atoms with Crippen LogP contribution in [0.1, 0.15) is 51.0 Å². The van der Waals surface area contributed by atoms with Crippen molar-refractivity contribution in [1.29, 1.82) is 0 Å². The second-order valence-electron chi connectivity index (χ2n) is 6.69. The number of ether oxygens (including phenoxy) is 1. The highest BCUT2D eigenvalue weighted by molar-refractivity contribution is 7.89. The van der Waals surface area contributed by atoms with Crippen LogP contribution in [0.2, 0.25) is 0 Å². The normalized spacial score (nSPS) is 17.6. The Morgan fingerprint density at radius 1 is 1.20 bits per heavy atom. The predicted molar refractivity (Wildman–Crippen MR) is 97.1 cm³/mol. The molecule has 0 heterocycles. The van der Waals surface area contributed by atoms with Crippen LogP contribution in [0, 0.1) is 6.92 Å². The molecule has 0 aromatic heterocycles. The minimum absolute atomic E-state index is 0.0455. The lowest BCUT2D eigenvalue weighted by molar-refractivity contribution is -0.123. The van der Waals surface area contributed by atoms with Crippen LogP contribution >= 0.6 is 0 Å². The Labute approximate surface area is 150 Å². The summed E-state index contributed by atoms with van der Waals surface area (Å²) in [6.07, 6.45) is 6.51. The highest BCUT2D eigenvalue weighted by Gasteiger charge is 2.26. The molecule has 6 nitrogen and oxygen atoms in total. The van der Waals surface area contributed by atoms with Crippen molar-refractivity contribution in [2.75, 3.05) is 7.11 Å². The van der Waals surface area contributed by atoms with E-state index >= 15 is 0 Å². The Bertz CT molecular complexity index is 695. The molecule has 0 saturated heterocycles. The second-order valence-corrected chi connectivity index (χ2v) is 8.38. The SMILES string of the molecule is COc1ccc(C)cc1S(=O)(=O)N[C@H](C)C(=O)NC1CCCCCC1. The van der Waals surface area contributed by atoms with Gasteiger partial charge in [0.25, 0.3) is 0 Å². The van der Waals surface area contributed by atoms with Gasteiger partial charge in [0.15, 0.2) is 0 Å². The molecular formula is C18H28N2O4S. The number of nitrogens with one attached hydrogen (secondary N) is 2. The first-order chi connectivity index (χ1) is 11.8. The molecule has 1 aliphatic rings. The zero-order valence-corrected chi connectivity index (χ0v) is 16.0. The number of benzene rings is 1. The molecule has 1 saturated carbocycles. The average molecular weight is 368 g/mol. The van der Waals surface area contributed by atoms with Gasteiger partial charge in [-0.15, -0.1) is 0 Å². The number of carbonyl (C=O) groups excluding carboxylic acids is 1. The fourth-order valence-corrected chi connectivity index (χ4v) is 4.55. The largest absolute Gasteiger partial charge is 0.495 e. The van der Waals surface area contributed by atoms with Crippen LogP contribution in [-0.4, -0.2) is 33.5 Å². The zero-order chi connectivity index (χ0) is 18.4. The van der Waals surface area contributed by atoms with Gasteiger partial charge in [-0.1, -0.05) is 31.7 Å². The summed E-state index contributed by atoms with van der Waals surface area (Å²) in [5.41, 5.74) is 0.803. The number of hydrogen-bond acceptors (Lipinski definition) is 4. The van der Waals surface area contributed by atoms with E-state index in [4.69, 9.17) is 4.74 Å². The van der Waals surface area contributed by atoms with Gasteiger partial charge in [-0.2, -0.15) is 4.72 Å². The van der Waals surface area contributed by atoms with E-state index in [2.05, 4.69) is 10.0 Å². The summed E-state index contributed by atoms with van der Waals surface area (Å²) < 4.78 is 32.9. The van der Waals surface area contributed by atoms with Crippen molar-refractivity contribution in [3.8, 4) is 5.75 Å². The molecule has 1 aromatic carbocycles. The topological polar surface area (TPSA) is 84.5 Å². The van der Waals surface area contributed by atoms with Gasteiger partial charge in [-0.05, 0) is 44.4 Å². The van der Waals surface area contributed by atoms with Crippen LogP contribution in [0.3, 0.4) is 0 Å². The summed E-state index contributed by atoms with van der Waals surface area (Å²) in [6, 6.07) is 4.21.